The second-order valence-corrected chi connectivity index (χ2v) is 5.19. The van der Waals surface area contributed by atoms with Gasteiger partial charge in [0, 0.05) is 6.04 Å². The van der Waals surface area contributed by atoms with Gasteiger partial charge >= 0.3 is 0 Å². The highest BCUT2D eigenvalue weighted by molar-refractivity contribution is 4.76. The maximum atomic E-state index is 3.65. The van der Waals surface area contributed by atoms with Crippen LogP contribution >= 0.6 is 0 Å². The minimum atomic E-state index is 0.870. The molecule has 0 spiro atoms. The van der Waals surface area contributed by atoms with E-state index in [4.69, 9.17) is 0 Å². The van der Waals surface area contributed by atoms with Crippen molar-refractivity contribution < 1.29 is 0 Å². The van der Waals surface area contributed by atoms with E-state index < -0.39 is 0 Å². The fourth-order valence-corrected chi connectivity index (χ4v) is 2.58. The average Bonchev–Trinajstić information content (AvgIpc) is 2.43. The van der Waals surface area contributed by atoms with Crippen molar-refractivity contribution >= 4 is 0 Å². The molecule has 0 aromatic rings. The summed E-state index contributed by atoms with van der Waals surface area (Å²) in [5.41, 5.74) is 0. The van der Waals surface area contributed by atoms with Gasteiger partial charge in [-0.1, -0.05) is 19.3 Å². The molecule has 88 valence electrons. The minimum Gasteiger partial charge on any atom is -0.314 e. The molecule has 1 N–H and O–H groups in total. The first-order valence-electron chi connectivity index (χ1n) is 6.91. The van der Waals surface area contributed by atoms with Gasteiger partial charge in [-0.05, 0) is 58.3 Å². The zero-order valence-corrected chi connectivity index (χ0v) is 10.0. The Kier molecular flexibility index (Phi) is 4.94. The molecule has 1 saturated carbocycles. The Bertz CT molecular complexity index is 158. The Labute approximate surface area is 94.4 Å². The molecule has 0 aromatic carbocycles. The lowest BCUT2D eigenvalue weighted by atomic mass is 9.93. The zero-order chi connectivity index (χ0) is 10.3. The molecule has 1 heterocycles. The van der Waals surface area contributed by atoms with Crippen molar-refractivity contribution in [3.05, 3.63) is 0 Å². The van der Waals surface area contributed by atoms with Crippen molar-refractivity contribution in [2.24, 2.45) is 0 Å². The molecule has 0 atom stereocenters. The summed E-state index contributed by atoms with van der Waals surface area (Å²) in [4.78, 5) is 2.66. The molecule has 0 bridgehead atoms. The highest BCUT2D eigenvalue weighted by Crippen LogP contribution is 2.17. The molecule has 0 radical (unpaired) electrons. The SMILES string of the molecule is C1CCCN(CCCNC2CCC2)CC1. The van der Waals surface area contributed by atoms with Gasteiger partial charge < -0.3 is 10.2 Å². The Morgan fingerprint density at radius 3 is 2.27 bits per heavy atom. The Morgan fingerprint density at radius 2 is 1.67 bits per heavy atom. The van der Waals surface area contributed by atoms with Crippen LogP contribution in [0.3, 0.4) is 0 Å². The van der Waals surface area contributed by atoms with Gasteiger partial charge in [0.05, 0.1) is 0 Å². The largest absolute Gasteiger partial charge is 0.314 e. The van der Waals surface area contributed by atoms with E-state index in [1.54, 1.807) is 0 Å². The number of hydrogen-bond acceptors (Lipinski definition) is 2. The van der Waals surface area contributed by atoms with Gasteiger partial charge in [0.1, 0.15) is 0 Å². The van der Waals surface area contributed by atoms with E-state index in [1.165, 1.54) is 77.5 Å². The lowest BCUT2D eigenvalue weighted by Gasteiger charge is -2.27. The predicted molar refractivity (Wildman–Crippen MR) is 65.2 cm³/mol. The van der Waals surface area contributed by atoms with E-state index >= 15 is 0 Å². The second kappa shape index (κ2) is 6.49. The number of rotatable bonds is 5. The molecule has 0 amide bonds. The van der Waals surface area contributed by atoms with Crippen molar-refractivity contribution in [1.29, 1.82) is 0 Å². The molecule has 0 unspecified atom stereocenters. The first kappa shape index (κ1) is 11.4. The molecule has 2 rings (SSSR count). The summed E-state index contributed by atoms with van der Waals surface area (Å²) in [6.07, 6.45) is 11.4. The number of hydrogen-bond donors (Lipinski definition) is 1. The second-order valence-electron chi connectivity index (χ2n) is 5.19. The highest BCUT2D eigenvalue weighted by atomic mass is 15.1. The summed E-state index contributed by atoms with van der Waals surface area (Å²) in [5, 5.41) is 3.65. The minimum absolute atomic E-state index is 0.870. The van der Waals surface area contributed by atoms with Crippen LogP contribution in [0.2, 0.25) is 0 Å². The van der Waals surface area contributed by atoms with Crippen molar-refractivity contribution in [2.75, 3.05) is 26.2 Å². The van der Waals surface area contributed by atoms with Gasteiger partial charge in [-0.15, -0.1) is 0 Å². The van der Waals surface area contributed by atoms with Crippen molar-refractivity contribution in [1.82, 2.24) is 10.2 Å². The van der Waals surface area contributed by atoms with Gasteiger partial charge in [0.15, 0.2) is 0 Å². The van der Waals surface area contributed by atoms with E-state index in [9.17, 15) is 0 Å². The molecule has 2 aliphatic rings. The van der Waals surface area contributed by atoms with Gasteiger partial charge in [-0.2, -0.15) is 0 Å². The number of nitrogens with zero attached hydrogens (tertiary/aromatic N) is 1. The van der Waals surface area contributed by atoms with Crippen LogP contribution in [0.1, 0.15) is 51.4 Å². The molecule has 15 heavy (non-hydrogen) atoms. The Hall–Kier alpha value is -0.0800. The smallest absolute Gasteiger partial charge is 0.00670 e. The lowest BCUT2D eigenvalue weighted by molar-refractivity contribution is 0.270. The van der Waals surface area contributed by atoms with E-state index in [-0.39, 0.29) is 0 Å². The molecule has 2 fully saturated rings. The van der Waals surface area contributed by atoms with Crippen LogP contribution in [0, 0.1) is 0 Å². The molecular weight excluding hydrogens is 184 g/mol. The van der Waals surface area contributed by atoms with Crippen molar-refractivity contribution in [3.8, 4) is 0 Å². The third-order valence-corrected chi connectivity index (χ3v) is 3.89. The first-order chi connectivity index (χ1) is 7.45. The molecule has 2 heteroatoms. The molecule has 2 nitrogen and oxygen atoms in total. The lowest BCUT2D eigenvalue weighted by Crippen LogP contribution is -2.37. The molecule has 0 aromatic heterocycles. The fourth-order valence-electron chi connectivity index (χ4n) is 2.58. The standard InChI is InChI=1S/C13H26N2/c1-2-4-11-15(10-3-1)12-6-9-14-13-7-5-8-13/h13-14H,1-12H2. The monoisotopic (exact) mass is 210 g/mol. The van der Waals surface area contributed by atoms with Gasteiger partial charge in [-0.3, -0.25) is 0 Å². The normalized spacial score (nSPS) is 24.8. The van der Waals surface area contributed by atoms with Crippen molar-refractivity contribution in [2.45, 2.75) is 57.4 Å². The van der Waals surface area contributed by atoms with Gasteiger partial charge in [0.2, 0.25) is 0 Å². The van der Waals surface area contributed by atoms with Crippen LogP contribution < -0.4 is 5.32 Å². The quantitative estimate of drug-likeness (QED) is 0.701. The molecule has 1 aliphatic heterocycles. The third kappa shape index (κ3) is 4.12. The summed E-state index contributed by atoms with van der Waals surface area (Å²) in [5.74, 6) is 0. The van der Waals surface area contributed by atoms with E-state index in [2.05, 4.69) is 10.2 Å². The summed E-state index contributed by atoms with van der Waals surface area (Å²) in [6.45, 7) is 5.26. The summed E-state index contributed by atoms with van der Waals surface area (Å²) < 4.78 is 0. The zero-order valence-electron chi connectivity index (χ0n) is 10.0. The fraction of sp³-hybridized carbons (Fsp3) is 1.00. The average molecular weight is 210 g/mol. The van der Waals surface area contributed by atoms with E-state index in [1.807, 2.05) is 0 Å². The van der Waals surface area contributed by atoms with Crippen LogP contribution in [0.4, 0.5) is 0 Å². The van der Waals surface area contributed by atoms with E-state index in [0.717, 1.165) is 6.04 Å². The molecular formula is C13H26N2. The van der Waals surface area contributed by atoms with Crippen molar-refractivity contribution in [3.63, 3.8) is 0 Å². The highest BCUT2D eigenvalue weighted by Gasteiger charge is 2.15. The van der Waals surface area contributed by atoms with E-state index in [0.29, 0.717) is 0 Å². The number of likely N-dealkylation sites (tertiary alicyclic amines) is 1. The topological polar surface area (TPSA) is 15.3 Å². The summed E-state index contributed by atoms with van der Waals surface area (Å²) in [6, 6.07) is 0.870. The van der Waals surface area contributed by atoms with Crippen LogP contribution in [-0.2, 0) is 0 Å². The van der Waals surface area contributed by atoms with Gasteiger partial charge in [0.25, 0.3) is 0 Å². The Morgan fingerprint density at radius 1 is 0.933 bits per heavy atom. The van der Waals surface area contributed by atoms with Crippen LogP contribution in [0.25, 0.3) is 0 Å². The summed E-state index contributed by atoms with van der Waals surface area (Å²) in [7, 11) is 0. The molecule has 1 aliphatic carbocycles. The maximum Gasteiger partial charge on any atom is 0.00670 e. The van der Waals surface area contributed by atoms with Gasteiger partial charge in [-0.25, -0.2) is 0 Å². The predicted octanol–water partition coefficient (Wildman–Crippen LogP) is 2.39. The van der Waals surface area contributed by atoms with Crippen LogP contribution in [-0.4, -0.2) is 37.1 Å². The molecule has 1 saturated heterocycles. The van der Waals surface area contributed by atoms with Crippen LogP contribution in [0.15, 0.2) is 0 Å². The first-order valence-corrected chi connectivity index (χ1v) is 6.91. The van der Waals surface area contributed by atoms with Crippen LogP contribution in [0.5, 0.6) is 0 Å². The Balaban J connectivity index is 1.48. The summed E-state index contributed by atoms with van der Waals surface area (Å²) >= 11 is 0. The third-order valence-electron chi connectivity index (χ3n) is 3.89. The maximum absolute atomic E-state index is 3.65. The number of nitrogens with one attached hydrogen (secondary N) is 1.